The molecule has 0 bridgehead atoms. The van der Waals surface area contributed by atoms with E-state index in [1.165, 1.54) is 6.42 Å². The summed E-state index contributed by atoms with van der Waals surface area (Å²) in [6.45, 7) is 8.96. The molecule has 0 aromatic rings. The number of hydrogen-bond acceptors (Lipinski definition) is 0. The van der Waals surface area contributed by atoms with Crippen LogP contribution in [0.25, 0.3) is 0 Å². The highest BCUT2D eigenvalue weighted by atomic mass is 28.3. The van der Waals surface area contributed by atoms with Crippen LogP contribution in [0.3, 0.4) is 0 Å². The Morgan fingerprint density at radius 1 is 1.30 bits per heavy atom. The van der Waals surface area contributed by atoms with E-state index < -0.39 is 8.07 Å². The van der Waals surface area contributed by atoms with Gasteiger partial charge in [-0.25, -0.2) is 0 Å². The van der Waals surface area contributed by atoms with Crippen LogP contribution in [0.1, 0.15) is 19.8 Å². The predicted molar refractivity (Wildman–Crippen MR) is 50.3 cm³/mol. The number of unbranched alkanes of at least 4 members (excludes halogenated alkanes) is 2. The summed E-state index contributed by atoms with van der Waals surface area (Å²) in [5, 5.41) is 0. The van der Waals surface area contributed by atoms with E-state index in [9.17, 15) is 0 Å². The smallest absolute Gasteiger partial charge is 0.129 e. The maximum Gasteiger partial charge on any atom is 0.129 e. The molecule has 0 spiro atoms. The molecule has 0 fully saturated rings. The van der Waals surface area contributed by atoms with Crippen molar-refractivity contribution < 1.29 is 0 Å². The highest BCUT2D eigenvalue weighted by Crippen LogP contribution is 1.97. The molecular formula is C9H17Si. The molecule has 10 heavy (non-hydrogen) atoms. The van der Waals surface area contributed by atoms with Gasteiger partial charge in [-0.1, -0.05) is 33.0 Å². The van der Waals surface area contributed by atoms with E-state index in [1.54, 1.807) is 0 Å². The SMILES string of the molecule is CCC[CH]C#C[Si](C)(C)C. The molecule has 0 saturated carbocycles. The highest BCUT2D eigenvalue weighted by Gasteiger charge is 2.06. The molecule has 57 valence electrons. The van der Waals surface area contributed by atoms with Crippen LogP contribution >= 0.6 is 0 Å². The maximum absolute atomic E-state index is 3.29. The molecule has 0 N–H and O–H groups in total. The third-order valence-corrected chi connectivity index (χ3v) is 1.88. The topological polar surface area (TPSA) is 0 Å². The zero-order valence-electron chi connectivity index (χ0n) is 7.49. The molecule has 0 aromatic carbocycles. The minimum Gasteiger partial charge on any atom is -0.132 e. The molecular weight excluding hydrogens is 136 g/mol. The van der Waals surface area contributed by atoms with Gasteiger partial charge in [-0.3, -0.25) is 0 Å². The van der Waals surface area contributed by atoms with Crippen molar-refractivity contribution in [3.63, 3.8) is 0 Å². The molecule has 0 aliphatic heterocycles. The Balaban J connectivity index is 3.50. The van der Waals surface area contributed by atoms with Crippen LogP contribution in [0, 0.1) is 17.9 Å². The van der Waals surface area contributed by atoms with Crippen molar-refractivity contribution in [2.45, 2.75) is 39.4 Å². The first-order valence-electron chi connectivity index (χ1n) is 3.90. The first-order chi connectivity index (χ1) is 4.56. The van der Waals surface area contributed by atoms with Crippen LogP contribution in [0.2, 0.25) is 19.6 Å². The monoisotopic (exact) mass is 153 g/mol. The van der Waals surface area contributed by atoms with Gasteiger partial charge >= 0.3 is 0 Å². The fourth-order valence-corrected chi connectivity index (χ4v) is 1.02. The summed E-state index contributed by atoms with van der Waals surface area (Å²) in [6.07, 6.45) is 4.43. The Bertz CT molecular complexity index is 131. The molecule has 0 aromatic heterocycles. The van der Waals surface area contributed by atoms with Crippen molar-refractivity contribution in [3.05, 3.63) is 6.42 Å². The lowest BCUT2D eigenvalue weighted by Crippen LogP contribution is -2.16. The average molecular weight is 153 g/mol. The van der Waals surface area contributed by atoms with E-state index >= 15 is 0 Å². The largest absolute Gasteiger partial charge is 0.132 e. The molecule has 0 aliphatic carbocycles. The van der Waals surface area contributed by atoms with Crippen molar-refractivity contribution in [1.82, 2.24) is 0 Å². The van der Waals surface area contributed by atoms with E-state index in [2.05, 4.69) is 44.4 Å². The quantitative estimate of drug-likeness (QED) is 0.325. The Hall–Kier alpha value is -0.223. The molecule has 0 unspecified atom stereocenters. The number of hydrogen-bond donors (Lipinski definition) is 0. The van der Waals surface area contributed by atoms with Crippen molar-refractivity contribution in [2.24, 2.45) is 0 Å². The van der Waals surface area contributed by atoms with Gasteiger partial charge in [-0.15, -0.1) is 11.5 Å². The van der Waals surface area contributed by atoms with E-state index in [4.69, 9.17) is 0 Å². The van der Waals surface area contributed by atoms with Crippen LogP contribution in [0.5, 0.6) is 0 Å². The minimum atomic E-state index is -1.10. The van der Waals surface area contributed by atoms with Crippen molar-refractivity contribution in [2.75, 3.05) is 0 Å². The highest BCUT2D eigenvalue weighted by molar-refractivity contribution is 6.83. The summed E-state index contributed by atoms with van der Waals surface area (Å²) < 4.78 is 0. The van der Waals surface area contributed by atoms with E-state index in [1.807, 2.05) is 0 Å². The number of rotatable bonds is 2. The molecule has 0 aliphatic rings. The van der Waals surface area contributed by atoms with Gasteiger partial charge in [0.2, 0.25) is 0 Å². The summed E-state index contributed by atoms with van der Waals surface area (Å²) in [5.41, 5.74) is 3.29. The van der Waals surface area contributed by atoms with Gasteiger partial charge in [0.05, 0.1) is 0 Å². The van der Waals surface area contributed by atoms with Gasteiger partial charge < -0.3 is 0 Å². The van der Waals surface area contributed by atoms with Gasteiger partial charge in [0.25, 0.3) is 0 Å². The van der Waals surface area contributed by atoms with Crippen molar-refractivity contribution in [3.8, 4) is 11.5 Å². The second-order valence-corrected chi connectivity index (χ2v) is 8.26. The van der Waals surface area contributed by atoms with Gasteiger partial charge in [-0.2, -0.15) is 0 Å². The normalized spacial score (nSPS) is 10.4. The van der Waals surface area contributed by atoms with Crippen molar-refractivity contribution in [1.29, 1.82) is 0 Å². The average Bonchev–Trinajstić information content (AvgIpc) is 1.78. The van der Waals surface area contributed by atoms with Crippen LogP contribution < -0.4 is 0 Å². The lowest BCUT2D eigenvalue weighted by Gasteiger charge is -2.02. The van der Waals surface area contributed by atoms with E-state index in [-0.39, 0.29) is 0 Å². The minimum absolute atomic E-state index is 1.10. The third kappa shape index (κ3) is 7.78. The van der Waals surface area contributed by atoms with Crippen LogP contribution in [0.15, 0.2) is 0 Å². The first-order valence-corrected chi connectivity index (χ1v) is 7.40. The lowest BCUT2D eigenvalue weighted by molar-refractivity contribution is 0.929. The maximum atomic E-state index is 3.29. The fourth-order valence-electron chi connectivity index (χ4n) is 0.484. The fraction of sp³-hybridized carbons (Fsp3) is 0.667. The molecule has 0 rings (SSSR count). The summed E-state index contributed by atoms with van der Waals surface area (Å²) >= 11 is 0. The molecule has 0 heterocycles. The third-order valence-electron chi connectivity index (χ3n) is 0.982. The molecule has 0 nitrogen and oxygen atoms in total. The van der Waals surface area contributed by atoms with Gasteiger partial charge in [0, 0.05) is 6.42 Å². The van der Waals surface area contributed by atoms with Crippen LogP contribution in [-0.2, 0) is 0 Å². The molecule has 0 saturated heterocycles. The van der Waals surface area contributed by atoms with Gasteiger partial charge in [0.1, 0.15) is 8.07 Å². The molecule has 0 atom stereocenters. The Morgan fingerprint density at radius 2 is 1.90 bits per heavy atom. The zero-order valence-corrected chi connectivity index (χ0v) is 8.49. The first kappa shape index (κ1) is 9.78. The molecule has 1 radical (unpaired) electrons. The van der Waals surface area contributed by atoms with E-state index in [0.717, 1.165) is 6.42 Å². The summed E-state index contributed by atoms with van der Waals surface area (Å²) in [4.78, 5) is 0. The van der Waals surface area contributed by atoms with Crippen LogP contribution in [0.4, 0.5) is 0 Å². The standard InChI is InChI=1S/C9H17Si/c1-5-6-7-8-9-10(2,3)4/h7H,5-6H2,1-4H3. The summed E-state index contributed by atoms with van der Waals surface area (Å²) in [7, 11) is -1.10. The second-order valence-electron chi connectivity index (χ2n) is 3.51. The zero-order chi connectivity index (χ0) is 8.04. The Labute approximate surface area is 66.0 Å². The van der Waals surface area contributed by atoms with Gasteiger partial charge in [-0.05, 0) is 6.42 Å². The van der Waals surface area contributed by atoms with Gasteiger partial charge in [0.15, 0.2) is 0 Å². The molecule has 0 amide bonds. The Morgan fingerprint density at radius 3 is 2.30 bits per heavy atom. The summed E-state index contributed by atoms with van der Waals surface area (Å²) in [5.74, 6) is 3.11. The predicted octanol–water partition coefficient (Wildman–Crippen LogP) is 2.87. The lowest BCUT2D eigenvalue weighted by atomic mass is 10.3. The second kappa shape index (κ2) is 4.57. The van der Waals surface area contributed by atoms with E-state index in [0.29, 0.717) is 0 Å². The van der Waals surface area contributed by atoms with Crippen LogP contribution in [-0.4, -0.2) is 8.07 Å². The molecule has 1 heteroatoms. The Kier molecular flexibility index (Phi) is 4.47. The van der Waals surface area contributed by atoms with Crippen molar-refractivity contribution >= 4 is 8.07 Å². The summed E-state index contributed by atoms with van der Waals surface area (Å²) in [6, 6.07) is 0.